The molecule has 3 N–H and O–H groups in total. The molecule has 1 aliphatic rings. The monoisotopic (exact) mass is 369 g/mol. The topological polar surface area (TPSA) is 104 Å². The number of hydrogen-bond donors (Lipinski definition) is 2. The third-order valence-electron chi connectivity index (χ3n) is 4.68. The Morgan fingerprint density at radius 2 is 1.96 bits per heavy atom. The summed E-state index contributed by atoms with van der Waals surface area (Å²) in [7, 11) is -0.394. The summed E-state index contributed by atoms with van der Waals surface area (Å²) in [6.45, 7) is 0.498. The Labute approximate surface area is 149 Å². The number of aryl methyl sites for hydroxylation is 1. The minimum absolute atomic E-state index is 0.0327. The van der Waals surface area contributed by atoms with Gasteiger partial charge in [-0.1, -0.05) is 12.1 Å². The van der Waals surface area contributed by atoms with Crippen LogP contribution in [0.1, 0.15) is 31.2 Å². The number of hydrogen-bond acceptors (Lipinski definition) is 4. The van der Waals surface area contributed by atoms with Crippen molar-refractivity contribution in [3.8, 4) is 0 Å². The smallest absolute Gasteiger partial charge is 0.315 e. The van der Waals surface area contributed by atoms with Crippen molar-refractivity contribution in [1.29, 1.82) is 0 Å². The summed E-state index contributed by atoms with van der Waals surface area (Å²) in [5, 5.41) is 9.81. The average Bonchev–Trinajstić information content (AvgIpc) is 2.55. The molecular formula is C17H27N3O4S. The molecule has 1 fully saturated rings. The lowest BCUT2D eigenvalue weighted by molar-refractivity contribution is 0.0579. The van der Waals surface area contributed by atoms with Gasteiger partial charge >= 0.3 is 6.03 Å². The molecule has 0 aliphatic carbocycles. The SMILES string of the molecule is CN(C)S(=O)(=O)c1ccc(CCCC2CC(O)CCN2C(N)=O)cc1. The Morgan fingerprint density at radius 1 is 1.32 bits per heavy atom. The summed E-state index contributed by atoms with van der Waals surface area (Å²) in [5.41, 5.74) is 6.45. The number of amides is 2. The Hall–Kier alpha value is -1.64. The fraction of sp³-hybridized carbons (Fsp3) is 0.588. The quantitative estimate of drug-likeness (QED) is 0.785. The highest BCUT2D eigenvalue weighted by Gasteiger charge is 2.29. The van der Waals surface area contributed by atoms with Gasteiger partial charge in [0, 0.05) is 26.7 Å². The molecule has 2 atom stereocenters. The van der Waals surface area contributed by atoms with E-state index in [0.29, 0.717) is 19.4 Å². The van der Waals surface area contributed by atoms with Gasteiger partial charge in [-0.05, 0) is 49.8 Å². The first-order valence-electron chi connectivity index (χ1n) is 8.47. The van der Waals surface area contributed by atoms with Crippen LogP contribution in [-0.4, -0.2) is 61.5 Å². The molecule has 2 unspecified atom stereocenters. The molecule has 1 aromatic rings. The molecule has 2 amide bonds. The number of urea groups is 1. The number of nitrogens with two attached hydrogens (primary N) is 1. The first-order chi connectivity index (χ1) is 11.7. The number of rotatable bonds is 6. The number of aliphatic hydroxyl groups is 1. The number of nitrogens with zero attached hydrogens (tertiary/aromatic N) is 2. The number of benzene rings is 1. The zero-order chi connectivity index (χ0) is 18.6. The van der Waals surface area contributed by atoms with E-state index in [1.165, 1.54) is 18.4 Å². The van der Waals surface area contributed by atoms with Crippen molar-refractivity contribution >= 4 is 16.1 Å². The van der Waals surface area contributed by atoms with Gasteiger partial charge in [0.2, 0.25) is 10.0 Å². The highest BCUT2D eigenvalue weighted by molar-refractivity contribution is 7.89. The van der Waals surface area contributed by atoms with Crippen molar-refractivity contribution in [2.75, 3.05) is 20.6 Å². The van der Waals surface area contributed by atoms with E-state index < -0.39 is 16.1 Å². The summed E-state index contributed by atoms with van der Waals surface area (Å²) in [5.74, 6) is 0. The van der Waals surface area contributed by atoms with Gasteiger partial charge in [0.25, 0.3) is 0 Å². The van der Waals surface area contributed by atoms with E-state index in [0.717, 1.165) is 24.8 Å². The Morgan fingerprint density at radius 3 is 2.52 bits per heavy atom. The third kappa shape index (κ3) is 4.93. The minimum atomic E-state index is -3.41. The Kier molecular flexibility index (Phi) is 6.42. The molecule has 1 heterocycles. The lowest BCUT2D eigenvalue weighted by atomic mass is 9.94. The average molecular weight is 369 g/mol. The molecule has 1 saturated heterocycles. The summed E-state index contributed by atoms with van der Waals surface area (Å²) < 4.78 is 25.3. The van der Waals surface area contributed by atoms with E-state index in [9.17, 15) is 18.3 Å². The molecule has 7 nitrogen and oxygen atoms in total. The first kappa shape index (κ1) is 19.7. The van der Waals surface area contributed by atoms with E-state index in [-0.39, 0.29) is 17.0 Å². The molecule has 25 heavy (non-hydrogen) atoms. The van der Waals surface area contributed by atoms with Gasteiger partial charge in [-0.15, -0.1) is 0 Å². The van der Waals surface area contributed by atoms with Gasteiger partial charge < -0.3 is 15.7 Å². The van der Waals surface area contributed by atoms with Crippen LogP contribution in [0.15, 0.2) is 29.2 Å². The fourth-order valence-electron chi connectivity index (χ4n) is 3.17. The molecule has 0 saturated carbocycles. The van der Waals surface area contributed by atoms with E-state index in [2.05, 4.69) is 0 Å². The maximum atomic E-state index is 12.0. The van der Waals surface area contributed by atoms with E-state index in [1.807, 2.05) is 12.1 Å². The second kappa shape index (κ2) is 8.16. The minimum Gasteiger partial charge on any atom is -0.393 e. The second-order valence-electron chi connectivity index (χ2n) is 6.69. The highest BCUT2D eigenvalue weighted by Crippen LogP contribution is 2.22. The molecule has 1 aromatic carbocycles. The number of carbonyl (C=O) groups is 1. The maximum Gasteiger partial charge on any atom is 0.315 e. The van der Waals surface area contributed by atoms with Crippen LogP contribution in [0.4, 0.5) is 4.79 Å². The van der Waals surface area contributed by atoms with Crippen molar-refractivity contribution in [3.05, 3.63) is 29.8 Å². The Balaban J connectivity index is 1.92. The van der Waals surface area contributed by atoms with Crippen molar-refractivity contribution in [2.24, 2.45) is 5.73 Å². The van der Waals surface area contributed by atoms with Gasteiger partial charge in [0.05, 0.1) is 11.0 Å². The van der Waals surface area contributed by atoms with Crippen molar-refractivity contribution in [3.63, 3.8) is 0 Å². The van der Waals surface area contributed by atoms with E-state index in [4.69, 9.17) is 5.73 Å². The molecular weight excluding hydrogens is 342 g/mol. The lowest BCUT2D eigenvalue weighted by Crippen LogP contribution is -2.49. The molecule has 2 rings (SSSR count). The number of aliphatic hydroxyl groups excluding tert-OH is 1. The zero-order valence-electron chi connectivity index (χ0n) is 14.8. The third-order valence-corrected chi connectivity index (χ3v) is 6.51. The van der Waals surface area contributed by atoms with E-state index >= 15 is 0 Å². The molecule has 140 valence electrons. The predicted molar refractivity (Wildman–Crippen MR) is 95.6 cm³/mol. The molecule has 0 spiro atoms. The molecule has 1 aliphatic heterocycles. The largest absolute Gasteiger partial charge is 0.393 e. The predicted octanol–water partition coefficient (Wildman–Crippen LogP) is 1.16. The lowest BCUT2D eigenvalue weighted by Gasteiger charge is -2.36. The summed E-state index contributed by atoms with van der Waals surface area (Å²) in [6.07, 6.45) is 3.13. The van der Waals surface area contributed by atoms with Gasteiger partial charge in [-0.3, -0.25) is 0 Å². The number of sulfonamides is 1. The molecule has 8 heteroatoms. The maximum absolute atomic E-state index is 12.0. The standard InChI is InChI=1S/C17H27N3O4S/c1-19(2)25(23,24)16-8-6-13(7-9-16)4-3-5-14-12-15(21)10-11-20(14)17(18)22/h6-9,14-15,21H,3-5,10-12H2,1-2H3,(H2,18,22). The zero-order valence-corrected chi connectivity index (χ0v) is 15.6. The van der Waals surface area contributed by atoms with Crippen LogP contribution in [0.25, 0.3) is 0 Å². The van der Waals surface area contributed by atoms with Crippen LogP contribution < -0.4 is 5.73 Å². The van der Waals surface area contributed by atoms with Gasteiger partial charge in [-0.2, -0.15) is 0 Å². The molecule has 0 aromatic heterocycles. The summed E-state index contributed by atoms with van der Waals surface area (Å²) in [4.78, 5) is 13.4. The van der Waals surface area contributed by atoms with Crippen LogP contribution in [-0.2, 0) is 16.4 Å². The number of likely N-dealkylation sites (tertiary alicyclic amines) is 1. The normalized spacial score (nSPS) is 21.5. The van der Waals surface area contributed by atoms with Gasteiger partial charge in [0.1, 0.15) is 0 Å². The summed E-state index contributed by atoms with van der Waals surface area (Å²) in [6, 6.07) is 6.40. The van der Waals surface area contributed by atoms with Crippen molar-refractivity contribution in [2.45, 2.75) is 49.1 Å². The number of carbonyl (C=O) groups excluding carboxylic acids is 1. The molecule has 0 radical (unpaired) electrons. The molecule has 0 bridgehead atoms. The number of primary amides is 1. The second-order valence-corrected chi connectivity index (χ2v) is 8.84. The van der Waals surface area contributed by atoms with Crippen LogP contribution in [0.5, 0.6) is 0 Å². The Bertz CT molecular complexity index is 688. The van der Waals surface area contributed by atoms with Crippen LogP contribution in [0.3, 0.4) is 0 Å². The number of piperidine rings is 1. The van der Waals surface area contributed by atoms with Gasteiger partial charge in [0.15, 0.2) is 0 Å². The van der Waals surface area contributed by atoms with Crippen LogP contribution in [0.2, 0.25) is 0 Å². The van der Waals surface area contributed by atoms with Crippen LogP contribution >= 0.6 is 0 Å². The van der Waals surface area contributed by atoms with Crippen molar-refractivity contribution < 1.29 is 18.3 Å². The fourth-order valence-corrected chi connectivity index (χ4v) is 4.08. The van der Waals surface area contributed by atoms with Gasteiger partial charge in [-0.25, -0.2) is 17.5 Å². The van der Waals surface area contributed by atoms with Crippen molar-refractivity contribution in [1.82, 2.24) is 9.21 Å². The first-order valence-corrected chi connectivity index (χ1v) is 9.91. The van der Waals surface area contributed by atoms with E-state index in [1.54, 1.807) is 17.0 Å². The summed E-state index contributed by atoms with van der Waals surface area (Å²) >= 11 is 0. The van der Waals surface area contributed by atoms with Crippen LogP contribution in [0, 0.1) is 0 Å². The highest BCUT2D eigenvalue weighted by atomic mass is 32.2.